The van der Waals surface area contributed by atoms with E-state index in [0.717, 1.165) is 25.0 Å². The summed E-state index contributed by atoms with van der Waals surface area (Å²) in [5.41, 5.74) is 0.705. The zero-order valence-corrected chi connectivity index (χ0v) is 12.2. The number of carbonyl (C=O) groups excluding carboxylic acids is 1. The van der Waals surface area contributed by atoms with E-state index in [1.165, 1.54) is 0 Å². The quantitative estimate of drug-likeness (QED) is 0.625. The van der Waals surface area contributed by atoms with Crippen molar-refractivity contribution in [2.45, 2.75) is 46.5 Å². The van der Waals surface area contributed by atoms with E-state index in [4.69, 9.17) is 9.47 Å². The summed E-state index contributed by atoms with van der Waals surface area (Å²) in [5.74, 6) is 1.56. The highest BCUT2D eigenvalue weighted by Crippen LogP contribution is 2.29. The van der Waals surface area contributed by atoms with Gasteiger partial charge in [0.25, 0.3) is 0 Å². The van der Waals surface area contributed by atoms with Gasteiger partial charge in [-0.05, 0) is 37.5 Å². The SMILES string of the molecule is CCCOc1ccc(C(=O)CCC)cc1OCCC. The molecule has 0 unspecified atom stereocenters. The summed E-state index contributed by atoms with van der Waals surface area (Å²) >= 11 is 0. The van der Waals surface area contributed by atoms with Gasteiger partial charge in [0.2, 0.25) is 0 Å². The molecule has 0 amide bonds. The lowest BCUT2D eigenvalue weighted by Crippen LogP contribution is -2.04. The molecule has 0 atom stereocenters. The van der Waals surface area contributed by atoms with Gasteiger partial charge in [0.15, 0.2) is 17.3 Å². The number of hydrogen-bond acceptors (Lipinski definition) is 3. The Labute approximate surface area is 115 Å². The van der Waals surface area contributed by atoms with Crippen LogP contribution < -0.4 is 9.47 Å². The van der Waals surface area contributed by atoms with Crippen molar-refractivity contribution in [3.63, 3.8) is 0 Å². The number of ketones is 1. The summed E-state index contributed by atoms with van der Waals surface area (Å²) in [5, 5.41) is 0. The molecule has 0 spiro atoms. The van der Waals surface area contributed by atoms with Crippen molar-refractivity contribution in [2.24, 2.45) is 0 Å². The zero-order valence-electron chi connectivity index (χ0n) is 12.2. The van der Waals surface area contributed by atoms with Crippen molar-refractivity contribution in [2.75, 3.05) is 13.2 Å². The van der Waals surface area contributed by atoms with Crippen molar-refractivity contribution in [3.05, 3.63) is 23.8 Å². The Morgan fingerprint density at radius 3 is 2.16 bits per heavy atom. The average Bonchev–Trinajstić information content (AvgIpc) is 2.43. The van der Waals surface area contributed by atoms with Gasteiger partial charge in [0.1, 0.15) is 0 Å². The topological polar surface area (TPSA) is 35.5 Å². The number of Topliss-reactive ketones (excluding diaryl/α,β-unsaturated/α-hetero) is 1. The highest BCUT2D eigenvalue weighted by atomic mass is 16.5. The monoisotopic (exact) mass is 264 g/mol. The maximum Gasteiger partial charge on any atom is 0.163 e. The summed E-state index contributed by atoms with van der Waals surface area (Å²) in [6.45, 7) is 7.41. The molecule has 0 heterocycles. The standard InChI is InChI=1S/C16H24O3/c1-4-7-14(17)13-8-9-15(18-10-5-2)16(12-13)19-11-6-3/h8-9,12H,4-7,10-11H2,1-3H3. The Balaban J connectivity index is 2.89. The van der Waals surface area contributed by atoms with Crippen molar-refractivity contribution in [1.82, 2.24) is 0 Å². The van der Waals surface area contributed by atoms with E-state index in [1.54, 1.807) is 6.07 Å². The maximum atomic E-state index is 11.9. The van der Waals surface area contributed by atoms with Gasteiger partial charge in [-0.15, -0.1) is 0 Å². The van der Waals surface area contributed by atoms with Gasteiger partial charge in [-0.25, -0.2) is 0 Å². The minimum atomic E-state index is 0.158. The number of benzene rings is 1. The molecular formula is C16H24O3. The highest BCUT2D eigenvalue weighted by molar-refractivity contribution is 5.96. The Hall–Kier alpha value is -1.51. The Kier molecular flexibility index (Phi) is 7.01. The first-order valence-electron chi connectivity index (χ1n) is 7.15. The van der Waals surface area contributed by atoms with Crippen LogP contribution in [0.4, 0.5) is 0 Å². The predicted molar refractivity (Wildman–Crippen MR) is 77.3 cm³/mol. The first-order valence-corrected chi connectivity index (χ1v) is 7.15. The van der Waals surface area contributed by atoms with Crippen molar-refractivity contribution < 1.29 is 14.3 Å². The fourth-order valence-corrected chi connectivity index (χ4v) is 1.71. The number of rotatable bonds is 9. The number of hydrogen-bond donors (Lipinski definition) is 0. The van der Waals surface area contributed by atoms with Crippen LogP contribution in [0.1, 0.15) is 56.8 Å². The lowest BCUT2D eigenvalue weighted by molar-refractivity contribution is 0.0981. The van der Waals surface area contributed by atoms with E-state index >= 15 is 0 Å². The van der Waals surface area contributed by atoms with Crippen LogP contribution in [0.3, 0.4) is 0 Å². The third-order valence-electron chi connectivity index (χ3n) is 2.67. The lowest BCUT2D eigenvalue weighted by Gasteiger charge is -2.13. The Bertz CT molecular complexity index is 399. The minimum absolute atomic E-state index is 0.158. The minimum Gasteiger partial charge on any atom is -0.490 e. The molecule has 0 aliphatic rings. The van der Waals surface area contributed by atoms with Gasteiger partial charge in [-0.3, -0.25) is 4.79 Å². The van der Waals surface area contributed by atoms with E-state index in [9.17, 15) is 4.79 Å². The van der Waals surface area contributed by atoms with Crippen molar-refractivity contribution >= 4 is 5.78 Å². The van der Waals surface area contributed by atoms with Crippen LogP contribution in [-0.4, -0.2) is 19.0 Å². The molecule has 106 valence electrons. The molecule has 0 N–H and O–H groups in total. The molecule has 1 aromatic rings. The number of carbonyl (C=O) groups is 1. The zero-order chi connectivity index (χ0) is 14.1. The van der Waals surface area contributed by atoms with Crippen molar-refractivity contribution in [3.8, 4) is 11.5 Å². The second-order valence-corrected chi connectivity index (χ2v) is 4.53. The average molecular weight is 264 g/mol. The van der Waals surface area contributed by atoms with E-state index in [1.807, 2.05) is 19.1 Å². The molecule has 0 saturated heterocycles. The highest BCUT2D eigenvalue weighted by Gasteiger charge is 2.11. The fourth-order valence-electron chi connectivity index (χ4n) is 1.71. The summed E-state index contributed by atoms with van der Waals surface area (Å²) in [6, 6.07) is 5.46. The molecule has 0 aliphatic carbocycles. The fraction of sp³-hybridized carbons (Fsp3) is 0.562. The van der Waals surface area contributed by atoms with E-state index in [2.05, 4.69) is 13.8 Å². The molecule has 1 rings (SSSR count). The molecule has 19 heavy (non-hydrogen) atoms. The second kappa shape index (κ2) is 8.57. The van der Waals surface area contributed by atoms with Crippen LogP contribution in [0.25, 0.3) is 0 Å². The summed E-state index contributed by atoms with van der Waals surface area (Å²) in [4.78, 5) is 11.9. The van der Waals surface area contributed by atoms with Gasteiger partial charge in [0.05, 0.1) is 13.2 Å². The molecule has 0 radical (unpaired) electrons. The molecule has 1 aromatic carbocycles. The molecule has 0 bridgehead atoms. The van der Waals surface area contributed by atoms with Gasteiger partial charge in [-0.2, -0.15) is 0 Å². The summed E-state index contributed by atoms with van der Waals surface area (Å²) in [6.07, 6.45) is 3.31. The summed E-state index contributed by atoms with van der Waals surface area (Å²) in [7, 11) is 0. The van der Waals surface area contributed by atoms with Gasteiger partial charge < -0.3 is 9.47 Å². The van der Waals surface area contributed by atoms with Crippen LogP contribution in [0, 0.1) is 0 Å². The van der Waals surface area contributed by atoms with Gasteiger partial charge >= 0.3 is 0 Å². The molecule has 0 aliphatic heterocycles. The first kappa shape index (κ1) is 15.5. The summed E-state index contributed by atoms with van der Waals surface area (Å²) < 4.78 is 11.3. The van der Waals surface area contributed by atoms with Crippen LogP contribution in [0.5, 0.6) is 11.5 Å². The number of ether oxygens (including phenoxy) is 2. The van der Waals surface area contributed by atoms with Crippen LogP contribution >= 0.6 is 0 Å². The Morgan fingerprint density at radius 1 is 0.947 bits per heavy atom. The third kappa shape index (κ3) is 4.93. The molecule has 3 heteroatoms. The smallest absolute Gasteiger partial charge is 0.163 e. The second-order valence-electron chi connectivity index (χ2n) is 4.53. The molecule has 0 saturated carbocycles. The molecular weight excluding hydrogens is 240 g/mol. The molecule has 3 nitrogen and oxygen atoms in total. The third-order valence-corrected chi connectivity index (χ3v) is 2.67. The largest absolute Gasteiger partial charge is 0.490 e. The molecule has 0 aromatic heterocycles. The Morgan fingerprint density at radius 2 is 1.58 bits per heavy atom. The normalized spacial score (nSPS) is 10.3. The van der Waals surface area contributed by atoms with Gasteiger partial charge in [-0.1, -0.05) is 20.8 Å². The first-order chi connectivity index (χ1) is 9.22. The van der Waals surface area contributed by atoms with Crippen LogP contribution in [0.15, 0.2) is 18.2 Å². The van der Waals surface area contributed by atoms with Crippen LogP contribution in [-0.2, 0) is 0 Å². The van der Waals surface area contributed by atoms with E-state index in [-0.39, 0.29) is 5.78 Å². The van der Waals surface area contributed by atoms with Gasteiger partial charge in [0, 0.05) is 12.0 Å². The van der Waals surface area contributed by atoms with E-state index < -0.39 is 0 Å². The van der Waals surface area contributed by atoms with Crippen LogP contribution in [0.2, 0.25) is 0 Å². The van der Waals surface area contributed by atoms with E-state index in [0.29, 0.717) is 30.9 Å². The van der Waals surface area contributed by atoms with Crippen molar-refractivity contribution in [1.29, 1.82) is 0 Å². The maximum absolute atomic E-state index is 11.9. The molecule has 0 fully saturated rings. The lowest BCUT2D eigenvalue weighted by atomic mass is 10.1. The predicted octanol–water partition coefficient (Wildman–Crippen LogP) is 4.25.